The highest BCUT2D eigenvalue weighted by Gasteiger charge is 2.18. The van der Waals surface area contributed by atoms with Crippen LogP contribution in [0.2, 0.25) is 5.02 Å². The number of rotatable bonds is 5. The van der Waals surface area contributed by atoms with Crippen molar-refractivity contribution in [1.82, 2.24) is 4.90 Å². The van der Waals surface area contributed by atoms with Gasteiger partial charge in [0.25, 0.3) is 0 Å². The van der Waals surface area contributed by atoms with Crippen molar-refractivity contribution in [3.05, 3.63) is 28.8 Å². The Labute approximate surface area is 123 Å². The quantitative estimate of drug-likeness (QED) is 0.871. The molecule has 2 amide bonds. The van der Waals surface area contributed by atoms with E-state index in [1.165, 1.54) is 18.2 Å². The molecule has 0 heterocycles. The summed E-state index contributed by atoms with van der Waals surface area (Å²) >= 11 is 5.98. The molecule has 0 fully saturated rings. The number of aromatic carboxylic acids is 1. The Morgan fingerprint density at radius 1 is 1.40 bits per heavy atom. The largest absolute Gasteiger partial charge is 0.478 e. The lowest BCUT2D eigenvalue weighted by molar-refractivity contribution is 0.0697. The molecule has 6 heteroatoms. The van der Waals surface area contributed by atoms with Crippen LogP contribution in [-0.4, -0.2) is 34.6 Å². The molecule has 1 aromatic rings. The molecule has 0 saturated carbocycles. The number of carbonyl (C=O) groups is 2. The van der Waals surface area contributed by atoms with Gasteiger partial charge in [0.2, 0.25) is 0 Å². The highest BCUT2D eigenvalue weighted by Crippen LogP contribution is 2.23. The smallest absolute Gasteiger partial charge is 0.335 e. The van der Waals surface area contributed by atoms with Crippen LogP contribution < -0.4 is 5.32 Å². The molecule has 1 atom stereocenters. The van der Waals surface area contributed by atoms with Crippen molar-refractivity contribution in [3.8, 4) is 0 Å². The molecule has 1 unspecified atom stereocenters. The standard InChI is InChI=1S/C14H19ClN2O3/c1-4-9(3)17(5-2)14(20)16-12-8-10(13(18)19)6-7-11(12)15/h6-9H,4-5H2,1-3H3,(H,16,20)(H,18,19). The number of carbonyl (C=O) groups excluding carboxylic acids is 1. The first-order valence-corrected chi connectivity index (χ1v) is 6.88. The maximum atomic E-state index is 12.2. The average molecular weight is 299 g/mol. The van der Waals surface area contributed by atoms with E-state index in [1.54, 1.807) is 4.90 Å². The summed E-state index contributed by atoms with van der Waals surface area (Å²) in [6, 6.07) is 4.02. The Morgan fingerprint density at radius 2 is 2.05 bits per heavy atom. The van der Waals surface area contributed by atoms with Crippen LogP contribution in [-0.2, 0) is 0 Å². The molecule has 0 radical (unpaired) electrons. The van der Waals surface area contributed by atoms with Gasteiger partial charge in [0.1, 0.15) is 0 Å². The molecule has 110 valence electrons. The van der Waals surface area contributed by atoms with Gasteiger partial charge in [-0.05, 0) is 38.5 Å². The molecule has 0 aliphatic rings. The van der Waals surface area contributed by atoms with E-state index in [1.807, 2.05) is 20.8 Å². The van der Waals surface area contributed by atoms with Crippen LogP contribution in [0.15, 0.2) is 18.2 Å². The molecule has 0 bridgehead atoms. The monoisotopic (exact) mass is 298 g/mol. The first-order valence-electron chi connectivity index (χ1n) is 6.51. The van der Waals surface area contributed by atoms with E-state index in [-0.39, 0.29) is 17.6 Å². The van der Waals surface area contributed by atoms with Crippen LogP contribution in [0.5, 0.6) is 0 Å². The van der Waals surface area contributed by atoms with Crippen molar-refractivity contribution in [2.24, 2.45) is 0 Å². The Bertz CT molecular complexity index is 505. The van der Waals surface area contributed by atoms with Crippen LogP contribution in [0.4, 0.5) is 10.5 Å². The molecule has 0 spiro atoms. The molecule has 2 N–H and O–H groups in total. The van der Waals surface area contributed by atoms with E-state index in [0.29, 0.717) is 17.3 Å². The van der Waals surface area contributed by atoms with E-state index in [4.69, 9.17) is 16.7 Å². The van der Waals surface area contributed by atoms with Crippen molar-refractivity contribution in [2.45, 2.75) is 33.2 Å². The van der Waals surface area contributed by atoms with Gasteiger partial charge in [-0.1, -0.05) is 18.5 Å². The van der Waals surface area contributed by atoms with E-state index in [9.17, 15) is 9.59 Å². The second-order valence-corrected chi connectivity index (χ2v) is 4.88. The number of halogens is 1. The van der Waals surface area contributed by atoms with Crippen molar-refractivity contribution in [2.75, 3.05) is 11.9 Å². The van der Waals surface area contributed by atoms with Crippen molar-refractivity contribution in [1.29, 1.82) is 0 Å². The minimum Gasteiger partial charge on any atom is -0.478 e. The van der Waals surface area contributed by atoms with Gasteiger partial charge in [0.15, 0.2) is 0 Å². The number of nitrogens with one attached hydrogen (secondary N) is 1. The van der Waals surface area contributed by atoms with Crippen molar-refractivity contribution >= 4 is 29.3 Å². The average Bonchev–Trinajstić information content (AvgIpc) is 2.41. The summed E-state index contributed by atoms with van der Waals surface area (Å²) in [5.74, 6) is -1.06. The maximum Gasteiger partial charge on any atom is 0.335 e. The number of hydrogen-bond donors (Lipinski definition) is 2. The number of urea groups is 1. The van der Waals surface area contributed by atoms with E-state index < -0.39 is 5.97 Å². The number of carboxylic acid groups (broad SMARTS) is 1. The Hall–Kier alpha value is -1.75. The third-order valence-corrected chi connectivity index (χ3v) is 3.51. The topological polar surface area (TPSA) is 69.6 Å². The summed E-state index contributed by atoms with van der Waals surface area (Å²) in [6.07, 6.45) is 0.837. The first kappa shape index (κ1) is 16.3. The number of hydrogen-bond acceptors (Lipinski definition) is 2. The molecular formula is C14H19ClN2O3. The Morgan fingerprint density at radius 3 is 2.55 bits per heavy atom. The minimum atomic E-state index is -1.06. The van der Waals surface area contributed by atoms with Gasteiger partial charge in [0.05, 0.1) is 16.3 Å². The fourth-order valence-corrected chi connectivity index (χ4v) is 1.98. The van der Waals surface area contributed by atoms with Crippen molar-refractivity contribution < 1.29 is 14.7 Å². The van der Waals surface area contributed by atoms with Crippen molar-refractivity contribution in [3.63, 3.8) is 0 Å². The Balaban J connectivity index is 2.94. The zero-order valence-corrected chi connectivity index (χ0v) is 12.6. The fraction of sp³-hybridized carbons (Fsp3) is 0.429. The number of nitrogens with zero attached hydrogens (tertiary/aromatic N) is 1. The lowest BCUT2D eigenvalue weighted by atomic mass is 10.2. The van der Waals surface area contributed by atoms with Gasteiger partial charge in [-0.15, -0.1) is 0 Å². The molecule has 1 aromatic carbocycles. The van der Waals surface area contributed by atoms with Gasteiger partial charge >= 0.3 is 12.0 Å². The highest BCUT2D eigenvalue weighted by molar-refractivity contribution is 6.33. The molecule has 0 aliphatic heterocycles. The van der Waals surface area contributed by atoms with Gasteiger partial charge in [-0.25, -0.2) is 9.59 Å². The second kappa shape index (κ2) is 7.14. The zero-order chi connectivity index (χ0) is 15.3. The van der Waals surface area contributed by atoms with Crippen LogP contribution in [0.25, 0.3) is 0 Å². The van der Waals surface area contributed by atoms with Crippen LogP contribution >= 0.6 is 11.6 Å². The number of benzene rings is 1. The van der Waals surface area contributed by atoms with E-state index in [0.717, 1.165) is 6.42 Å². The number of amides is 2. The summed E-state index contributed by atoms with van der Waals surface area (Å²) in [7, 11) is 0. The molecule has 1 rings (SSSR count). The van der Waals surface area contributed by atoms with Gasteiger partial charge in [-0.3, -0.25) is 0 Å². The predicted octanol–water partition coefficient (Wildman–Crippen LogP) is 3.69. The summed E-state index contributed by atoms with van der Waals surface area (Å²) in [5, 5.41) is 11.9. The third-order valence-electron chi connectivity index (χ3n) is 3.18. The highest BCUT2D eigenvalue weighted by atomic mass is 35.5. The van der Waals surface area contributed by atoms with Gasteiger partial charge in [-0.2, -0.15) is 0 Å². The molecule has 5 nitrogen and oxygen atoms in total. The van der Waals surface area contributed by atoms with Crippen LogP contribution in [0.1, 0.15) is 37.6 Å². The third kappa shape index (κ3) is 3.87. The van der Waals surface area contributed by atoms with Crippen LogP contribution in [0, 0.1) is 0 Å². The minimum absolute atomic E-state index is 0.0799. The maximum absolute atomic E-state index is 12.2. The lowest BCUT2D eigenvalue weighted by Gasteiger charge is -2.27. The number of carboxylic acids is 1. The summed E-state index contributed by atoms with van der Waals surface area (Å²) < 4.78 is 0. The van der Waals surface area contributed by atoms with E-state index >= 15 is 0 Å². The van der Waals surface area contributed by atoms with Gasteiger partial charge < -0.3 is 15.3 Å². The summed E-state index contributed by atoms with van der Waals surface area (Å²) in [5.41, 5.74) is 0.384. The molecule has 20 heavy (non-hydrogen) atoms. The fourth-order valence-electron chi connectivity index (χ4n) is 1.82. The zero-order valence-electron chi connectivity index (χ0n) is 11.8. The summed E-state index contributed by atoms with van der Waals surface area (Å²) in [4.78, 5) is 24.8. The molecular weight excluding hydrogens is 280 g/mol. The summed E-state index contributed by atoms with van der Waals surface area (Å²) in [6.45, 7) is 6.41. The molecule has 0 saturated heterocycles. The molecule has 0 aromatic heterocycles. The second-order valence-electron chi connectivity index (χ2n) is 4.47. The Kier molecular flexibility index (Phi) is 5.82. The van der Waals surface area contributed by atoms with Gasteiger partial charge in [0, 0.05) is 12.6 Å². The van der Waals surface area contributed by atoms with Crippen LogP contribution in [0.3, 0.4) is 0 Å². The predicted molar refractivity (Wildman–Crippen MR) is 79.6 cm³/mol. The first-order chi connectivity index (χ1) is 9.40. The normalized spacial score (nSPS) is 11.8. The van der Waals surface area contributed by atoms with E-state index in [2.05, 4.69) is 5.32 Å². The molecule has 0 aliphatic carbocycles. The lowest BCUT2D eigenvalue weighted by Crippen LogP contribution is -2.41. The SMILES string of the molecule is CCC(C)N(CC)C(=O)Nc1cc(C(=O)O)ccc1Cl. The number of anilines is 1.